The number of benzene rings is 1. The van der Waals surface area contributed by atoms with Crippen LogP contribution < -0.4 is 16.0 Å². The maximum atomic E-state index is 13.1. The van der Waals surface area contributed by atoms with Crippen LogP contribution in [0.2, 0.25) is 0 Å². The van der Waals surface area contributed by atoms with Crippen LogP contribution in [0.4, 0.5) is 10.1 Å². The van der Waals surface area contributed by atoms with Gasteiger partial charge in [-0.05, 0) is 24.6 Å². The zero-order valence-corrected chi connectivity index (χ0v) is 10.2. The van der Waals surface area contributed by atoms with Gasteiger partial charge in [-0.1, -0.05) is 6.07 Å². The molecule has 98 valence electrons. The number of halogens is 1. The molecular formula is C13H18FN3O. The van der Waals surface area contributed by atoms with Crippen LogP contribution in [0, 0.1) is 5.82 Å². The van der Waals surface area contributed by atoms with Gasteiger partial charge in [0.25, 0.3) is 0 Å². The van der Waals surface area contributed by atoms with E-state index in [1.807, 2.05) is 6.07 Å². The van der Waals surface area contributed by atoms with Crippen molar-refractivity contribution in [2.24, 2.45) is 5.73 Å². The van der Waals surface area contributed by atoms with E-state index in [4.69, 9.17) is 5.73 Å². The molecule has 0 aliphatic carbocycles. The minimum absolute atomic E-state index is 0.0106. The van der Waals surface area contributed by atoms with Crippen molar-refractivity contribution < 1.29 is 9.18 Å². The predicted molar refractivity (Wildman–Crippen MR) is 68.8 cm³/mol. The number of nitrogens with zero attached hydrogens (tertiary/aromatic N) is 1. The van der Waals surface area contributed by atoms with Crippen LogP contribution in [0.25, 0.3) is 0 Å². The number of hydrogen-bond acceptors (Lipinski definition) is 3. The number of amides is 1. The van der Waals surface area contributed by atoms with Gasteiger partial charge in [-0.15, -0.1) is 0 Å². The van der Waals surface area contributed by atoms with Gasteiger partial charge >= 0.3 is 0 Å². The highest BCUT2D eigenvalue weighted by Crippen LogP contribution is 2.20. The van der Waals surface area contributed by atoms with Crippen LogP contribution in [0.1, 0.15) is 12.8 Å². The molecule has 5 heteroatoms. The summed E-state index contributed by atoms with van der Waals surface area (Å²) in [5, 5.41) is 2.94. The summed E-state index contributed by atoms with van der Waals surface area (Å²) in [6, 6.07) is 6.66. The average molecular weight is 251 g/mol. The molecule has 1 unspecified atom stereocenters. The standard InChI is InChI=1S/C13H18FN3O/c14-10-2-1-3-12(8-10)17-7-5-11(9-17)16-13(18)4-6-15/h1-3,8,11H,4-7,9,15H2,(H,16,18). The maximum Gasteiger partial charge on any atom is 0.221 e. The second-order valence-electron chi connectivity index (χ2n) is 4.52. The number of anilines is 1. The third-order valence-electron chi connectivity index (χ3n) is 3.10. The molecule has 4 nitrogen and oxygen atoms in total. The van der Waals surface area contributed by atoms with E-state index in [0.29, 0.717) is 13.0 Å². The summed E-state index contributed by atoms with van der Waals surface area (Å²) in [7, 11) is 0. The second-order valence-corrected chi connectivity index (χ2v) is 4.52. The van der Waals surface area contributed by atoms with Crippen molar-refractivity contribution in [3.05, 3.63) is 30.1 Å². The van der Waals surface area contributed by atoms with Crippen molar-refractivity contribution in [2.45, 2.75) is 18.9 Å². The molecule has 0 radical (unpaired) electrons. The Labute approximate surface area is 106 Å². The molecule has 0 bridgehead atoms. The van der Waals surface area contributed by atoms with Crippen molar-refractivity contribution >= 4 is 11.6 Å². The average Bonchev–Trinajstić information content (AvgIpc) is 2.78. The van der Waals surface area contributed by atoms with Gasteiger partial charge in [0.15, 0.2) is 0 Å². The van der Waals surface area contributed by atoms with Gasteiger partial charge in [0.05, 0.1) is 0 Å². The Bertz CT molecular complexity index is 424. The monoisotopic (exact) mass is 251 g/mol. The summed E-state index contributed by atoms with van der Waals surface area (Å²) < 4.78 is 13.1. The van der Waals surface area contributed by atoms with Gasteiger partial charge in [0, 0.05) is 37.8 Å². The maximum absolute atomic E-state index is 13.1. The van der Waals surface area contributed by atoms with E-state index in [2.05, 4.69) is 10.2 Å². The van der Waals surface area contributed by atoms with Crippen molar-refractivity contribution in [1.82, 2.24) is 5.32 Å². The summed E-state index contributed by atoms with van der Waals surface area (Å²) in [6.07, 6.45) is 1.24. The quantitative estimate of drug-likeness (QED) is 0.835. The van der Waals surface area contributed by atoms with Crippen LogP contribution in [0.3, 0.4) is 0 Å². The first-order valence-corrected chi connectivity index (χ1v) is 6.19. The van der Waals surface area contributed by atoms with E-state index >= 15 is 0 Å². The fourth-order valence-corrected chi connectivity index (χ4v) is 2.22. The molecule has 1 aliphatic rings. The molecule has 1 aromatic carbocycles. The Morgan fingerprint density at radius 3 is 3.11 bits per heavy atom. The molecule has 2 rings (SSSR count). The number of nitrogens with two attached hydrogens (primary N) is 1. The van der Waals surface area contributed by atoms with Gasteiger partial charge in [0.2, 0.25) is 5.91 Å². The first-order valence-electron chi connectivity index (χ1n) is 6.19. The Morgan fingerprint density at radius 2 is 2.39 bits per heavy atom. The molecule has 3 N–H and O–H groups in total. The SMILES string of the molecule is NCCC(=O)NC1CCN(c2cccc(F)c2)C1. The zero-order chi connectivity index (χ0) is 13.0. The van der Waals surface area contributed by atoms with Gasteiger partial charge < -0.3 is 16.0 Å². The minimum Gasteiger partial charge on any atom is -0.369 e. The molecule has 0 aromatic heterocycles. The minimum atomic E-state index is -0.233. The van der Waals surface area contributed by atoms with Gasteiger partial charge in [-0.25, -0.2) is 4.39 Å². The number of rotatable bonds is 4. The predicted octanol–water partition coefficient (Wildman–Crippen LogP) is 0.869. The summed E-state index contributed by atoms with van der Waals surface area (Å²) in [6.45, 7) is 1.92. The first kappa shape index (κ1) is 12.8. The molecule has 1 heterocycles. The molecule has 1 aliphatic heterocycles. The lowest BCUT2D eigenvalue weighted by Crippen LogP contribution is -2.37. The van der Waals surface area contributed by atoms with Crippen LogP contribution in [-0.2, 0) is 4.79 Å². The van der Waals surface area contributed by atoms with Crippen LogP contribution >= 0.6 is 0 Å². The largest absolute Gasteiger partial charge is 0.369 e. The van der Waals surface area contributed by atoms with E-state index in [-0.39, 0.29) is 17.8 Å². The van der Waals surface area contributed by atoms with Crippen molar-refractivity contribution in [3.63, 3.8) is 0 Å². The Hall–Kier alpha value is -1.62. The molecule has 0 saturated carbocycles. The Morgan fingerprint density at radius 1 is 1.56 bits per heavy atom. The molecule has 1 amide bonds. The van der Waals surface area contributed by atoms with Gasteiger partial charge in [0.1, 0.15) is 5.82 Å². The fraction of sp³-hybridized carbons (Fsp3) is 0.462. The third-order valence-corrected chi connectivity index (χ3v) is 3.10. The summed E-state index contributed by atoms with van der Waals surface area (Å²) in [4.78, 5) is 13.5. The highest BCUT2D eigenvalue weighted by molar-refractivity contribution is 5.76. The molecule has 18 heavy (non-hydrogen) atoms. The summed E-state index contributed by atoms with van der Waals surface area (Å²) in [5.41, 5.74) is 6.19. The van der Waals surface area contributed by atoms with Crippen LogP contribution in [0.5, 0.6) is 0 Å². The number of carbonyl (C=O) groups is 1. The topological polar surface area (TPSA) is 58.4 Å². The molecule has 0 spiro atoms. The number of carbonyl (C=O) groups excluding carboxylic acids is 1. The lowest BCUT2D eigenvalue weighted by atomic mass is 10.2. The lowest BCUT2D eigenvalue weighted by molar-refractivity contribution is -0.121. The smallest absolute Gasteiger partial charge is 0.221 e. The third kappa shape index (κ3) is 3.20. The molecule has 1 atom stereocenters. The van der Waals surface area contributed by atoms with Crippen LogP contribution in [-0.4, -0.2) is 31.6 Å². The van der Waals surface area contributed by atoms with E-state index < -0.39 is 0 Å². The zero-order valence-electron chi connectivity index (χ0n) is 10.2. The molecule has 1 saturated heterocycles. The van der Waals surface area contributed by atoms with Crippen molar-refractivity contribution in [1.29, 1.82) is 0 Å². The van der Waals surface area contributed by atoms with Gasteiger partial charge in [-0.2, -0.15) is 0 Å². The number of hydrogen-bond donors (Lipinski definition) is 2. The molecule has 1 aromatic rings. The summed E-state index contributed by atoms with van der Waals surface area (Å²) >= 11 is 0. The van der Waals surface area contributed by atoms with Crippen LogP contribution in [0.15, 0.2) is 24.3 Å². The fourth-order valence-electron chi connectivity index (χ4n) is 2.22. The number of nitrogens with one attached hydrogen (secondary N) is 1. The Kier molecular flexibility index (Phi) is 4.15. The highest BCUT2D eigenvalue weighted by atomic mass is 19.1. The normalized spacial score (nSPS) is 19.0. The molecule has 1 fully saturated rings. The van der Waals surface area contributed by atoms with E-state index in [1.54, 1.807) is 6.07 Å². The van der Waals surface area contributed by atoms with E-state index in [0.717, 1.165) is 25.2 Å². The first-order chi connectivity index (χ1) is 8.69. The van der Waals surface area contributed by atoms with E-state index in [9.17, 15) is 9.18 Å². The second kappa shape index (κ2) is 5.82. The lowest BCUT2D eigenvalue weighted by Gasteiger charge is -2.19. The van der Waals surface area contributed by atoms with E-state index in [1.165, 1.54) is 12.1 Å². The highest BCUT2D eigenvalue weighted by Gasteiger charge is 2.23. The summed E-state index contributed by atoms with van der Waals surface area (Å²) in [5.74, 6) is -0.244. The van der Waals surface area contributed by atoms with Crippen molar-refractivity contribution in [2.75, 3.05) is 24.5 Å². The Balaban J connectivity index is 1.90. The van der Waals surface area contributed by atoms with Gasteiger partial charge in [-0.3, -0.25) is 4.79 Å². The molecular weight excluding hydrogens is 233 g/mol. The van der Waals surface area contributed by atoms with Crippen molar-refractivity contribution in [3.8, 4) is 0 Å².